The Kier molecular flexibility index (Phi) is 4.85. The van der Waals surface area contributed by atoms with E-state index in [2.05, 4.69) is 36.7 Å². The molecule has 1 saturated carbocycles. The molecule has 112 valence electrons. The normalized spacial score (nSPS) is 25.7. The highest BCUT2D eigenvalue weighted by Gasteiger charge is 2.32. The Morgan fingerprint density at radius 2 is 2.00 bits per heavy atom. The molecule has 2 unspecified atom stereocenters. The van der Waals surface area contributed by atoms with Crippen LogP contribution in [0.2, 0.25) is 0 Å². The van der Waals surface area contributed by atoms with Crippen molar-refractivity contribution in [3.8, 4) is 0 Å². The second-order valence-corrected chi connectivity index (χ2v) is 7.52. The summed E-state index contributed by atoms with van der Waals surface area (Å²) >= 11 is 3.08. The van der Waals surface area contributed by atoms with Crippen LogP contribution in [0.5, 0.6) is 0 Å². The zero-order valence-electron chi connectivity index (χ0n) is 12.2. The summed E-state index contributed by atoms with van der Waals surface area (Å²) in [7, 11) is 0. The van der Waals surface area contributed by atoms with Crippen molar-refractivity contribution in [3.63, 3.8) is 0 Å². The van der Waals surface area contributed by atoms with E-state index in [1.807, 2.05) is 0 Å². The Morgan fingerprint density at radius 1 is 1.30 bits per heavy atom. The highest BCUT2D eigenvalue weighted by molar-refractivity contribution is 9.10. The fourth-order valence-electron chi connectivity index (χ4n) is 3.29. The van der Waals surface area contributed by atoms with Crippen molar-refractivity contribution in [2.75, 3.05) is 0 Å². The van der Waals surface area contributed by atoms with Gasteiger partial charge in [-0.25, -0.2) is 8.78 Å². The lowest BCUT2D eigenvalue weighted by molar-refractivity contribution is -0.0332. The summed E-state index contributed by atoms with van der Waals surface area (Å²) < 4.78 is 33.6. The zero-order chi connectivity index (χ0) is 14.9. The first kappa shape index (κ1) is 15.9. The van der Waals surface area contributed by atoms with Crippen molar-refractivity contribution in [2.45, 2.75) is 52.7 Å². The quantitative estimate of drug-likeness (QED) is 0.660. The van der Waals surface area contributed by atoms with Crippen LogP contribution >= 0.6 is 15.9 Å². The predicted molar refractivity (Wildman–Crippen MR) is 79.4 cm³/mol. The van der Waals surface area contributed by atoms with Crippen molar-refractivity contribution >= 4 is 15.9 Å². The van der Waals surface area contributed by atoms with Gasteiger partial charge in [0.05, 0.1) is 22.7 Å². The zero-order valence-corrected chi connectivity index (χ0v) is 13.8. The van der Waals surface area contributed by atoms with E-state index in [9.17, 15) is 8.78 Å². The summed E-state index contributed by atoms with van der Waals surface area (Å²) in [5, 5.41) is 0. The van der Waals surface area contributed by atoms with E-state index < -0.39 is 11.6 Å². The molecular formula is C16H21BrF2O. The van der Waals surface area contributed by atoms with Crippen LogP contribution in [0.25, 0.3) is 0 Å². The Labute approximate surface area is 127 Å². The van der Waals surface area contributed by atoms with Crippen LogP contribution in [-0.2, 0) is 11.3 Å². The molecule has 1 aliphatic carbocycles. The van der Waals surface area contributed by atoms with Crippen molar-refractivity contribution in [1.29, 1.82) is 0 Å². The summed E-state index contributed by atoms with van der Waals surface area (Å²) in [5.74, 6) is -0.525. The fourth-order valence-corrected chi connectivity index (χ4v) is 3.66. The molecule has 1 fully saturated rings. The smallest absolute Gasteiger partial charge is 0.145 e. The van der Waals surface area contributed by atoms with E-state index in [1.165, 1.54) is 18.6 Å². The molecule has 20 heavy (non-hydrogen) atoms. The number of ether oxygens (including phenoxy) is 1. The van der Waals surface area contributed by atoms with Crippen LogP contribution in [0.1, 0.15) is 45.6 Å². The summed E-state index contributed by atoms with van der Waals surface area (Å²) in [5.41, 5.74) is 0.242. The van der Waals surface area contributed by atoms with Crippen molar-refractivity contribution < 1.29 is 13.5 Å². The number of hydrogen-bond acceptors (Lipinski definition) is 1. The van der Waals surface area contributed by atoms with Gasteiger partial charge in [0.2, 0.25) is 0 Å². The topological polar surface area (TPSA) is 9.23 Å². The third-order valence-electron chi connectivity index (χ3n) is 3.95. The second-order valence-electron chi connectivity index (χ2n) is 6.67. The summed E-state index contributed by atoms with van der Waals surface area (Å²) in [6.07, 6.45) is 3.15. The molecule has 1 nitrogen and oxygen atoms in total. The van der Waals surface area contributed by atoms with Crippen LogP contribution < -0.4 is 0 Å². The molecular weight excluding hydrogens is 326 g/mol. The fraction of sp³-hybridized carbons (Fsp3) is 0.625. The predicted octanol–water partition coefficient (Wildman–Crippen LogP) is 5.46. The van der Waals surface area contributed by atoms with Gasteiger partial charge in [0, 0.05) is 0 Å². The average Bonchev–Trinajstić information content (AvgIpc) is 2.31. The standard InChI is InChI=1S/C16H21BrF2O/c1-10-6-11(8-16(2,3)7-10)20-9-12-14(18)5-4-13(17)15(12)19/h4-5,10-11H,6-9H2,1-3H3. The first-order valence-corrected chi connectivity index (χ1v) is 7.82. The van der Waals surface area contributed by atoms with Crippen LogP contribution in [0.4, 0.5) is 8.78 Å². The van der Waals surface area contributed by atoms with Gasteiger partial charge < -0.3 is 4.74 Å². The lowest BCUT2D eigenvalue weighted by Gasteiger charge is -2.38. The van der Waals surface area contributed by atoms with E-state index in [-0.39, 0.29) is 28.2 Å². The lowest BCUT2D eigenvalue weighted by Crippen LogP contribution is -2.32. The Morgan fingerprint density at radius 3 is 2.65 bits per heavy atom. The van der Waals surface area contributed by atoms with Crippen LogP contribution in [0.3, 0.4) is 0 Å². The van der Waals surface area contributed by atoms with Gasteiger partial charge >= 0.3 is 0 Å². The number of rotatable bonds is 3. The SMILES string of the molecule is CC1CC(OCc2c(F)ccc(Br)c2F)CC(C)(C)C1. The highest BCUT2D eigenvalue weighted by Crippen LogP contribution is 2.40. The molecule has 1 aromatic rings. The van der Waals surface area contributed by atoms with Gasteiger partial charge in [-0.3, -0.25) is 0 Å². The third kappa shape index (κ3) is 3.79. The molecule has 2 atom stereocenters. The van der Waals surface area contributed by atoms with Crippen molar-refractivity contribution in [3.05, 3.63) is 33.8 Å². The minimum Gasteiger partial charge on any atom is -0.373 e. The van der Waals surface area contributed by atoms with Crippen molar-refractivity contribution in [2.24, 2.45) is 11.3 Å². The maximum atomic E-state index is 13.9. The van der Waals surface area contributed by atoms with Gasteiger partial charge in [-0.15, -0.1) is 0 Å². The van der Waals surface area contributed by atoms with Gasteiger partial charge in [-0.1, -0.05) is 20.8 Å². The van der Waals surface area contributed by atoms with E-state index in [0.717, 1.165) is 12.8 Å². The minimum absolute atomic E-state index is 0.00935. The van der Waals surface area contributed by atoms with Crippen LogP contribution in [0, 0.1) is 23.0 Å². The van der Waals surface area contributed by atoms with E-state index in [0.29, 0.717) is 5.92 Å². The molecule has 0 bridgehead atoms. The molecule has 4 heteroatoms. The van der Waals surface area contributed by atoms with Crippen LogP contribution in [0.15, 0.2) is 16.6 Å². The Bertz CT molecular complexity index is 488. The van der Waals surface area contributed by atoms with Gasteiger partial charge in [-0.2, -0.15) is 0 Å². The molecule has 0 radical (unpaired) electrons. The maximum absolute atomic E-state index is 13.9. The van der Waals surface area contributed by atoms with Gasteiger partial charge in [-0.05, 0) is 58.7 Å². The molecule has 0 aliphatic heterocycles. The third-order valence-corrected chi connectivity index (χ3v) is 4.56. The van der Waals surface area contributed by atoms with Gasteiger partial charge in [0.25, 0.3) is 0 Å². The van der Waals surface area contributed by atoms with Crippen molar-refractivity contribution in [1.82, 2.24) is 0 Å². The number of hydrogen-bond donors (Lipinski definition) is 0. The molecule has 0 saturated heterocycles. The lowest BCUT2D eigenvalue weighted by atomic mass is 9.71. The molecule has 2 rings (SSSR count). The maximum Gasteiger partial charge on any atom is 0.145 e. The molecule has 0 amide bonds. The average molecular weight is 347 g/mol. The molecule has 0 heterocycles. The summed E-state index contributed by atoms with van der Waals surface area (Å²) in [4.78, 5) is 0. The first-order chi connectivity index (χ1) is 9.28. The summed E-state index contributed by atoms with van der Waals surface area (Å²) in [6, 6.07) is 2.64. The monoisotopic (exact) mass is 346 g/mol. The highest BCUT2D eigenvalue weighted by atomic mass is 79.9. The summed E-state index contributed by atoms with van der Waals surface area (Å²) in [6.45, 7) is 6.64. The molecule has 1 aromatic carbocycles. The van der Waals surface area contributed by atoms with Gasteiger partial charge in [0.15, 0.2) is 0 Å². The molecule has 0 N–H and O–H groups in total. The minimum atomic E-state index is -0.562. The number of halogens is 3. The molecule has 0 aromatic heterocycles. The van der Waals surface area contributed by atoms with Gasteiger partial charge in [0.1, 0.15) is 11.6 Å². The van der Waals surface area contributed by atoms with Crippen LogP contribution in [-0.4, -0.2) is 6.10 Å². The number of benzene rings is 1. The first-order valence-electron chi connectivity index (χ1n) is 7.02. The van der Waals surface area contributed by atoms with E-state index in [4.69, 9.17) is 4.74 Å². The van der Waals surface area contributed by atoms with E-state index in [1.54, 1.807) is 0 Å². The Balaban J connectivity index is 2.04. The molecule has 0 spiro atoms. The Hall–Kier alpha value is -0.480. The van der Waals surface area contributed by atoms with E-state index >= 15 is 0 Å². The largest absolute Gasteiger partial charge is 0.373 e. The molecule has 1 aliphatic rings. The second kappa shape index (κ2) is 6.10.